The third-order valence-corrected chi connectivity index (χ3v) is 3.98. The monoisotopic (exact) mass is 242 g/mol. The van der Waals surface area contributed by atoms with Gasteiger partial charge < -0.3 is 0 Å². The number of hydrogen-bond donors (Lipinski definition) is 0. The van der Waals surface area contributed by atoms with Gasteiger partial charge in [-0.1, -0.05) is 22.4 Å². The Morgan fingerprint density at radius 1 is 1.54 bits per heavy atom. The van der Waals surface area contributed by atoms with E-state index in [2.05, 4.69) is 34.1 Å². The molecule has 1 aromatic heterocycles. The molecule has 2 nitrogen and oxygen atoms in total. The van der Waals surface area contributed by atoms with E-state index in [4.69, 9.17) is 0 Å². The standard InChI is InChI=1S/C10H15BrN2/c1-7-9(6-13(2)12-7)8-4-3-5-10(8)11/h6,8,10H,3-5H2,1-2H3. The molecule has 3 heteroatoms. The van der Waals surface area contributed by atoms with E-state index in [0.717, 1.165) is 0 Å². The molecule has 0 radical (unpaired) electrons. The molecule has 0 aromatic carbocycles. The summed E-state index contributed by atoms with van der Waals surface area (Å²) in [6, 6.07) is 0. The van der Waals surface area contributed by atoms with Crippen LogP contribution in [-0.4, -0.2) is 14.6 Å². The SMILES string of the molecule is Cc1nn(C)cc1C1CCCC1Br. The molecule has 13 heavy (non-hydrogen) atoms. The number of rotatable bonds is 1. The van der Waals surface area contributed by atoms with E-state index in [0.29, 0.717) is 10.7 Å². The van der Waals surface area contributed by atoms with Crippen LogP contribution in [0.25, 0.3) is 0 Å². The van der Waals surface area contributed by atoms with E-state index in [-0.39, 0.29) is 0 Å². The first-order valence-corrected chi connectivity index (χ1v) is 5.74. The molecule has 0 aliphatic heterocycles. The van der Waals surface area contributed by atoms with E-state index in [1.54, 1.807) is 0 Å². The van der Waals surface area contributed by atoms with Crippen LogP contribution in [0, 0.1) is 6.92 Å². The lowest BCUT2D eigenvalue weighted by Crippen LogP contribution is -2.04. The van der Waals surface area contributed by atoms with Crippen LogP contribution in [0.1, 0.15) is 36.4 Å². The van der Waals surface area contributed by atoms with Crippen molar-refractivity contribution >= 4 is 15.9 Å². The van der Waals surface area contributed by atoms with Gasteiger partial charge >= 0.3 is 0 Å². The molecule has 0 amide bonds. The van der Waals surface area contributed by atoms with Gasteiger partial charge in [0, 0.05) is 18.1 Å². The quantitative estimate of drug-likeness (QED) is 0.693. The second-order valence-electron chi connectivity index (χ2n) is 3.90. The topological polar surface area (TPSA) is 17.8 Å². The van der Waals surface area contributed by atoms with Gasteiger partial charge in [-0.25, -0.2) is 0 Å². The summed E-state index contributed by atoms with van der Waals surface area (Å²) in [5, 5.41) is 4.39. The molecule has 1 aliphatic carbocycles. The molecule has 0 bridgehead atoms. The summed E-state index contributed by atoms with van der Waals surface area (Å²) in [5.74, 6) is 0.689. The average molecular weight is 243 g/mol. The van der Waals surface area contributed by atoms with Crippen LogP contribution in [-0.2, 0) is 7.05 Å². The van der Waals surface area contributed by atoms with E-state index in [1.807, 2.05) is 11.7 Å². The third kappa shape index (κ3) is 1.66. The highest BCUT2D eigenvalue weighted by molar-refractivity contribution is 9.09. The highest BCUT2D eigenvalue weighted by Gasteiger charge is 2.28. The van der Waals surface area contributed by atoms with Crippen molar-refractivity contribution in [1.29, 1.82) is 0 Å². The molecule has 0 saturated heterocycles. The summed E-state index contributed by atoms with van der Waals surface area (Å²) in [5.41, 5.74) is 2.63. The molecular formula is C10H15BrN2. The number of hydrogen-bond acceptors (Lipinski definition) is 1. The Labute approximate surface area is 87.5 Å². The van der Waals surface area contributed by atoms with Crippen LogP contribution in [0.5, 0.6) is 0 Å². The van der Waals surface area contributed by atoms with Gasteiger partial charge in [-0.2, -0.15) is 5.10 Å². The van der Waals surface area contributed by atoms with Crippen LogP contribution in [0.3, 0.4) is 0 Å². The second-order valence-corrected chi connectivity index (χ2v) is 5.07. The van der Waals surface area contributed by atoms with Crippen LogP contribution in [0.15, 0.2) is 6.20 Å². The van der Waals surface area contributed by atoms with Crippen molar-refractivity contribution in [2.45, 2.75) is 36.9 Å². The summed E-state index contributed by atoms with van der Waals surface area (Å²) in [6.45, 7) is 2.10. The molecular weight excluding hydrogens is 228 g/mol. The van der Waals surface area contributed by atoms with Crippen molar-refractivity contribution < 1.29 is 0 Å². The lowest BCUT2D eigenvalue weighted by molar-refractivity contribution is 0.734. The lowest BCUT2D eigenvalue weighted by Gasteiger charge is -2.12. The molecule has 0 spiro atoms. The Bertz CT molecular complexity index is 306. The zero-order chi connectivity index (χ0) is 9.42. The van der Waals surface area contributed by atoms with Crippen molar-refractivity contribution in [3.63, 3.8) is 0 Å². The van der Waals surface area contributed by atoms with Crippen LogP contribution in [0.4, 0.5) is 0 Å². The average Bonchev–Trinajstić information content (AvgIpc) is 2.58. The summed E-state index contributed by atoms with van der Waals surface area (Å²) in [6.07, 6.45) is 6.12. The molecule has 1 aromatic rings. The number of aryl methyl sites for hydroxylation is 2. The maximum absolute atomic E-state index is 4.39. The fraction of sp³-hybridized carbons (Fsp3) is 0.700. The molecule has 0 N–H and O–H groups in total. The highest BCUT2D eigenvalue weighted by Crippen LogP contribution is 2.39. The predicted molar refractivity (Wildman–Crippen MR) is 57.3 cm³/mol. The van der Waals surface area contributed by atoms with Gasteiger partial charge in [0.05, 0.1) is 5.69 Å². The normalized spacial score (nSPS) is 28.2. The first kappa shape index (κ1) is 9.25. The van der Waals surface area contributed by atoms with E-state index >= 15 is 0 Å². The minimum atomic E-state index is 0.662. The maximum Gasteiger partial charge on any atom is 0.0628 e. The largest absolute Gasteiger partial charge is 0.275 e. The minimum absolute atomic E-state index is 0.662. The minimum Gasteiger partial charge on any atom is -0.275 e. The molecule has 1 heterocycles. The first-order valence-electron chi connectivity index (χ1n) is 4.82. The van der Waals surface area contributed by atoms with Crippen molar-refractivity contribution in [3.8, 4) is 0 Å². The maximum atomic E-state index is 4.39. The van der Waals surface area contributed by atoms with Crippen LogP contribution < -0.4 is 0 Å². The van der Waals surface area contributed by atoms with Gasteiger partial charge in [-0.3, -0.25) is 4.68 Å². The Morgan fingerprint density at radius 2 is 2.31 bits per heavy atom. The first-order chi connectivity index (χ1) is 6.18. The van der Waals surface area contributed by atoms with E-state index in [1.165, 1.54) is 30.5 Å². The van der Waals surface area contributed by atoms with Gasteiger partial charge in [0.25, 0.3) is 0 Å². The molecule has 1 saturated carbocycles. The highest BCUT2D eigenvalue weighted by atomic mass is 79.9. The van der Waals surface area contributed by atoms with Gasteiger partial charge in [0.15, 0.2) is 0 Å². The Hall–Kier alpha value is -0.310. The molecule has 72 valence electrons. The van der Waals surface area contributed by atoms with E-state index < -0.39 is 0 Å². The lowest BCUT2D eigenvalue weighted by atomic mass is 9.99. The van der Waals surface area contributed by atoms with Gasteiger partial charge in [0.2, 0.25) is 0 Å². The Balaban J connectivity index is 2.28. The van der Waals surface area contributed by atoms with Crippen LogP contribution in [0.2, 0.25) is 0 Å². The van der Waals surface area contributed by atoms with Crippen LogP contribution >= 0.6 is 15.9 Å². The third-order valence-electron chi connectivity index (χ3n) is 2.88. The number of halogens is 1. The molecule has 2 unspecified atom stereocenters. The number of nitrogens with zero attached hydrogens (tertiary/aromatic N) is 2. The van der Waals surface area contributed by atoms with Crippen molar-refractivity contribution in [1.82, 2.24) is 9.78 Å². The smallest absolute Gasteiger partial charge is 0.0628 e. The number of alkyl halides is 1. The van der Waals surface area contributed by atoms with Crippen molar-refractivity contribution in [2.75, 3.05) is 0 Å². The van der Waals surface area contributed by atoms with Gasteiger partial charge in [-0.05, 0) is 31.2 Å². The Morgan fingerprint density at radius 3 is 2.77 bits per heavy atom. The van der Waals surface area contributed by atoms with Crippen molar-refractivity contribution in [3.05, 3.63) is 17.5 Å². The fourth-order valence-electron chi connectivity index (χ4n) is 2.25. The van der Waals surface area contributed by atoms with Gasteiger partial charge in [0.1, 0.15) is 0 Å². The second kappa shape index (κ2) is 3.45. The zero-order valence-corrected chi connectivity index (χ0v) is 9.71. The predicted octanol–water partition coefficient (Wildman–Crippen LogP) is 2.76. The summed E-state index contributed by atoms with van der Waals surface area (Å²) < 4.78 is 1.92. The molecule has 2 rings (SSSR count). The number of aromatic nitrogens is 2. The zero-order valence-electron chi connectivity index (χ0n) is 8.13. The summed E-state index contributed by atoms with van der Waals surface area (Å²) >= 11 is 3.75. The van der Waals surface area contributed by atoms with E-state index in [9.17, 15) is 0 Å². The Kier molecular flexibility index (Phi) is 2.45. The van der Waals surface area contributed by atoms with Crippen molar-refractivity contribution in [2.24, 2.45) is 7.05 Å². The summed E-state index contributed by atoms with van der Waals surface area (Å²) in [7, 11) is 1.99. The molecule has 1 fully saturated rings. The fourth-order valence-corrected chi connectivity index (χ4v) is 3.12. The molecule has 2 atom stereocenters. The van der Waals surface area contributed by atoms with Gasteiger partial charge in [-0.15, -0.1) is 0 Å². The molecule has 1 aliphatic rings. The summed E-state index contributed by atoms with van der Waals surface area (Å²) in [4.78, 5) is 0.662.